The summed E-state index contributed by atoms with van der Waals surface area (Å²) in [5.74, 6) is 0. The van der Waals surface area contributed by atoms with E-state index in [9.17, 15) is 5.11 Å². The third-order valence-electron chi connectivity index (χ3n) is 1.91. The zero-order valence-corrected chi connectivity index (χ0v) is 6.44. The smallest absolute Gasteiger partial charge is 0.107 e. The molecule has 0 spiro atoms. The lowest BCUT2D eigenvalue weighted by Crippen LogP contribution is -2.24. The molecule has 3 heteroatoms. The molecule has 11 heavy (non-hydrogen) atoms. The fourth-order valence-corrected chi connectivity index (χ4v) is 1.32. The first kappa shape index (κ1) is 8.71. The normalized spacial score (nSPS) is 37.5. The highest BCUT2D eigenvalue weighted by atomic mass is 16.5. The van der Waals surface area contributed by atoms with Crippen molar-refractivity contribution in [3.8, 4) is 0 Å². The Balaban J connectivity index is 2.36. The van der Waals surface area contributed by atoms with Crippen LogP contribution in [0.4, 0.5) is 0 Å². The Kier molecular flexibility index (Phi) is 3.05. The van der Waals surface area contributed by atoms with E-state index in [1.807, 2.05) is 0 Å². The second-order valence-electron chi connectivity index (χ2n) is 2.81. The number of hydrogen-bond acceptors (Lipinski definition) is 3. The number of ether oxygens (including phenoxy) is 1. The SMILES string of the molecule is C=CC[C@H]1C[C@H](O)[C@@H](CO)O1. The van der Waals surface area contributed by atoms with Gasteiger partial charge in [-0.1, -0.05) is 6.08 Å². The van der Waals surface area contributed by atoms with Crippen LogP contribution in [0.3, 0.4) is 0 Å². The van der Waals surface area contributed by atoms with E-state index in [1.54, 1.807) is 6.08 Å². The Morgan fingerprint density at radius 2 is 2.36 bits per heavy atom. The Labute approximate surface area is 66.3 Å². The van der Waals surface area contributed by atoms with Gasteiger partial charge in [0.2, 0.25) is 0 Å². The van der Waals surface area contributed by atoms with Crippen LogP contribution in [0.5, 0.6) is 0 Å². The Bertz CT molecular complexity index is 135. The molecule has 0 aromatic carbocycles. The molecule has 0 aromatic heterocycles. The lowest BCUT2D eigenvalue weighted by molar-refractivity contribution is -0.0208. The largest absolute Gasteiger partial charge is 0.394 e. The highest BCUT2D eigenvalue weighted by Crippen LogP contribution is 2.22. The van der Waals surface area contributed by atoms with Crippen LogP contribution in [0.15, 0.2) is 12.7 Å². The van der Waals surface area contributed by atoms with E-state index in [2.05, 4.69) is 6.58 Å². The second-order valence-corrected chi connectivity index (χ2v) is 2.81. The summed E-state index contributed by atoms with van der Waals surface area (Å²) in [6.45, 7) is 3.47. The van der Waals surface area contributed by atoms with Crippen molar-refractivity contribution < 1.29 is 14.9 Å². The molecule has 1 heterocycles. The van der Waals surface area contributed by atoms with Crippen molar-refractivity contribution in [2.75, 3.05) is 6.61 Å². The monoisotopic (exact) mass is 158 g/mol. The molecule has 3 nitrogen and oxygen atoms in total. The summed E-state index contributed by atoms with van der Waals surface area (Å²) in [7, 11) is 0. The van der Waals surface area contributed by atoms with Crippen LogP contribution in [-0.2, 0) is 4.74 Å². The molecular formula is C8H14O3. The van der Waals surface area contributed by atoms with Gasteiger partial charge in [-0.25, -0.2) is 0 Å². The van der Waals surface area contributed by atoms with E-state index in [-0.39, 0.29) is 18.8 Å². The predicted molar refractivity (Wildman–Crippen MR) is 41.2 cm³/mol. The minimum Gasteiger partial charge on any atom is -0.394 e. The topological polar surface area (TPSA) is 49.7 Å². The summed E-state index contributed by atoms with van der Waals surface area (Å²) in [6, 6.07) is 0. The maximum atomic E-state index is 9.27. The summed E-state index contributed by atoms with van der Waals surface area (Å²) < 4.78 is 5.29. The molecule has 0 bridgehead atoms. The number of hydrogen-bond donors (Lipinski definition) is 2. The third-order valence-corrected chi connectivity index (χ3v) is 1.91. The van der Waals surface area contributed by atoms with Crippen LogP contribution in [0.25, 0.3) is 0 Å². The summed E-state index contributed by atoms with van der Waals surface area (Å²) in [5.41, 5.74) is 0. The van der Waals surface area contributed by atoms with Gasteiger partial charge < -0.3 is 14.9 Å². The van der Waals surface area contributed by atoms with Crippen LogP contribution < -0.4 is 0 Å². The van der Waals surface area contributed by atoms with E-state index in [0.29, 0.717) is 6.42 Å². The number of aliphatic hydroxyl groups excluding tert-OH is 2. The summed E-state index contributed by atoms with van der Waals surface area (Å²) in [5, 5.41) is 18.0. The van der Waals surface area contributed by atoms with Gasteiger partial charge in [0.05, 0.1) is 18.8 Å². The average Bonchev–Trinajstić information content (AvgIpc) is 2.32. The lowest BCUT2D eigenvalue weighted by Gasteiger charge is -2.09. The molecule has 0 amide bonds. The van der Waals surface area contributed by atoms with Crippen LogP contribution >= 0.6 is 0 Å². The van der Waals surface area contributed by atoms with Gasteiger partial charge in [0.25, 0.3) is 0 Å². The van der Waals surface area contributed by atoms with Gasteiger partial charge in [-0.05, 0) is 6.42 Å². The molecule has 64 valence electrons. The van der Waals surface area contributed by atoms with Crippen molar-refractivity contribution in [2.45, 2.75) is 31.2 Å². The molecule has 0 saturated carbocycles. The minimum atomic E-state index is -0.509. The zero-order valence-electron chi connectivity index (χ0n) is 6.44. The van der Waals surface area contributed by atoms with Crippen molar-refractivity contribution in [2.24, 2.45) is 0 Å². The molecule has 2 N–H and O–H groups in total. The van der Waals surface area contributed by atoms with Crippen LogP contribution in [0.1, 0.15) is 12.8 Å². The van der Waals surface area contributed by atoms with E-state index < -0.39 is 6.10 Å². The van der Waals surface area contributed by atoms with Gasteiger partial charge in [-0.3, -0.25) is 0 Å². The molecule has 0 aromatic rings. The molecular weight excluding hydrogens is 144 g/mol. The highest BCUT2D eigenvalue weighted by Gasteiger charge is 2.32. The second kappa shape index (κ2) is 3.85. The molecule has 0 aliphatic carbocycles. The van der Waals surface area contributed by atoms with Crippen LogP contribution in [0, 0.1) is 0 Å². The van der Waals surface area contributed by atoms with Crippen molar-refractivity contribution >= 4 is 0 Å². The van der Waals surface area contributed by atoms with Crippen molar-refractivity contribution in [3.05, 3.63) is 12.7 Å². The quantitative estimate of drug-likeness (QED) is 0.571. The van der Waals surface area contributed by atoms with Gasteiger partial charge in [-0.15, -0.1) is 6.58 Å². The maximum Gasteiger partial charge on any atom is 0.107 e. The van der Waals surface area contributed by atoms with Crippen molar-refractivity contribution in [3.63, 3.8) is 0 Å². The molecule has 1 saturated heterocycles. The van der Waals surface area contributed by atoms with Gasteiger partial charge in [0.1, 0.15) is 6.10 Å². The zero-order chi connectivity index (χ0) is 8.27. The van der Waals surface area contributed by atoms with Gasteiger partial charge >= 0.3 is 0 Å². The van der Waals surface area contributed by atoms with E-state index in [1.165, 1.54) is 0 Å². The number of rotatable bonds is 3. The number of aliphatic hydroxyl groups is 2. The molecule has 0 radical (unpaired) electrons. The molecule has 1 fully saturated rings. The maximum absolute atomic E-state index is 9.27. The first-order valence-corrected chi connectivity index (χ1v) is 3.83. The average molecular weight is 158 g/mol. The van der Waals surface area contributed by atoms with E-state index >= 15 is 0 Å². The van der Waals surface area contributed by atoms with E-state index in [0.717, 1.165) is 6.42 Å². The molecule has 1 aliphatic rings. The molecule has 3 atom stereocenters. The van der Waals surface area contributed by atoms with Crippen LogP contribution in [-0.4, -0.2) is 35.1 Å². The lowest BCUT2D eigenvalue weighted by atomic mass is 10.1. The fraction of sp³-hybridized carbons (Fsp3) is 0.750. The van der Waals surface area contributed by atoms with E-state index in [4.69, 9.17) is 9.84 Å². The van der Waals surface area contributed by atoms with Gasteiger partial charge in [0.15, 0.2) is 0 Å². The van der Waals surface area contributed by atoms with Crippen LogP contribution in [0.2, 0.25) is 0 Å². The summed E-state index contributed by atoms with van der Waals surface area (Å²) in [4.78, 5) is 0. The standard InChI is InChI=1S/C8H14O3/c1-2-3-6-4-7(10)8(5-9)11-6/h2,6-10H,1,3-5H2/t6-,7-,8+/m0/s1. The summed E-state index contributed by atoms with van der Waals surface area (Å²) in [6.07, 6.45) is 2.26. The third kappa shape index (κ3) is 2.02. The predicted octanol–water partition coefficient (Wildman–Crippen LogP) is 0.0732. The Morgan fingerprint density at radius 1 is 1.64 bits per heavy atom. The highest BCUT2D eigenvalue weighted by molar-refractivity contribution is 4.85. The Morgan fingerprint density at radius 3 is 2.82 bits per heavy atom. The summed E-state index contributed by atoms with van der Waals surface area (Å²) >= 11 is 0. The van der Waals surface area contributed by atoms with Crippen molar-refractivity contribution in [1.82, 2.24) is 0 Å². The molecule has 1 aliphatic heterocycles. The molecule has 1 rings (SSSR count). The first-order chi connectivity index (χ1) is 5.27. The minimum absolute atomic E-state index is 0.0413. The Hall–Kier alpha value is -0.380. The van der Waals surface area contributed by atoms with Gasteiger partial charge in [0, 0.05) is 6.42 Å². The van der Waals surface area contributed by atoms with Gasteiger partial charge in [-0.2, -0.15) is 0 Å². The van der Waals surface area contributed by atoms with Crippen molar-refractivity contribution in [1.29, 1.82) is 0 Å². The molecule has 0 unspecified atom stereocenters. The first-order valence-electron chi connectivity index (χ1n) is 3.83. The fourth-order valence-electron chi connectivity index (χ4n) is 1.32.